The molecule has 0 spiro atoms. The quantitative estimate of drug-likeness (QED) is 0.359. The Balaban J connectivity index is 2.15. The smallest absolute Gasteiger partial charge is 0.270 e. The van der Waals surface area contributed by atoms with Gasteiger partial charge >= 0.3 is 0 Å². The van der Waals surface area contributed by atoms with Gasteiger partial charge in [0.2, 0.25) is 0 Å². The molecule has 0 saturated carbocycles. The zero-order valence-electron chi connectivity index (χ0n) is 10.2. The minimum Gasteiger partial charge on any atom is -0.398 e. The van der Waals surface area contributed by atoms with E-state index in [1.54, 1.807) is 24.3 Å². The van der Waals surface area contributed by atoms with Crippen molar-refractivity contribution in [3.8, 4) is 0 Å². The Labute approximate surface area is 133 Å². The van der Waals surface area contributed by atoms with Gasteiger partial charge in [0.05, 0.1) is 4.92 Å². The van der Waals surface area contributed by atoms with Crippen LogP contribution >= 0.6 is 39.3 Å². The summed E-state index contributed by atoms with van der Waals surface area (Å²) in [6.07, 6.45) is 0. The normalized spacial score (nSPS) is 10.5. The van der Waals surface area contributed by atoms with E-state index < -0.39 is 4.92 Å². The number of nitro benzene ring substituents is 1. The Morgan fingerprint density at radius 3 is 2.70 bits per heavy atom. The van der Waals surface area contributed by atoms with Crippen LogP contribution in [0.4, 0.5) is 11.4 Å². The van der Waals surface area contributed by atoms with Gasteiger partial charge in [-0.3, -0.25) is 10.1 Å². The molecule has 0 aliphatic heterocycles. The average molecular weight is 374 g/mol. The monoisotopic (exact) mass is 372 g/mol. The lowest BCUT2D eigenvalue weighted by molar-refractivity contribution is -0.384. The Bertz CT molecular complexity index is 667. The maximum absolute atomic E-state index is 10.7. The molecule has 2 aromatic carbocycles. The molecule has 0 aromatic heterocycles. The van der Waals surface area contributed by atoms with Gasteiger partial charge in [0, 0.05) is 38.0 Å². The van der Waals surface area contributed by atoms with Crippen LogP contribution in [0.1, 0.15) is 5.56 Å². The van der Waals surface area contributed by atoms with E-state index in [0.29, 0.717) is 20.9 Å². The number of benzene rings is 2. The third kappa shape index (κ3) is 3.65. The number of nitrogens with zero attached hydrogens (tertiary/aromatic N) is 1. The van der Waals surface area contributed by atoms with Crippen LogP contribution in [0.5, 0.6) is 0 Å². The topological polar surface area (TPSA) is 69.2 Å². The molecule has 0 atom stereocenters. The van der Waals surface area contributed by atoms with Gasteiger partial charge in [0.15, 0.2) is 0 Å². The number of nitrogen functional groups attached to an aromatic ring is 1. The van der Waals surface area contributed by atoms with Gasteiger partial charge in [-0.15, -0.1) is 11.8 Å². The largest absolute Gasteiger partial charge is 0.398 e. The highest BCUT2D eigenvalue weighted by Crippen LogP contribution is 2.33. The van der Waals surface area contributed by atoms with Crippen molar-refractivity contribution in [1.29, 1.82) is 0 Å². The van der Waals surface area contributed by atoms with E-state index in [0.717, 1.165) is 10.5 Å². The molecule has 0 fully saturated rings. The summed E-state index contributed by atoms with van der Waals surface area (Å²) >= 11 is 10.8. The Morgan fingerprint density at radius 2 is 2.05 bits per heavy atom. The molecule has 0 radical (unpaired) electrons. The first kappa shape index (κ1) is 15.2. The van der Waals surface area contributed by atoms with Crippen LogP contribution in [0, 0.1) is 10.1 Å². The van der Waals surface area contributed by atoms with E-state index in [9.17, 15) is 10.1 Å². The number of hydrogen-bond acceptors (Lipinski definition) is 4. The first-order chi connectivity index (χ1) is 9.47. The van der Waals surface area contributed by atoms with E-state index in [1.165, 1.54) is 23.9 Å². The van der Waals surface area contributed by atoms with Crippen molar-refractivity contribution in [3.63, 3.8) is 0 Å². The third-order valence-corrected chi connectivity index (χ3v) is 4.70. The molecule has 20 heavy (non-hydrogen) atoms. The standard InChI is InChI=1S/C13H10BrClN2O2S/c14-11-6-10(17(18)19)3-1-8(11)7-20-13-5-9(15)2-4-12(13)16/h1-6H,7,16H2. The van der Waals surface area contributed by atoms with Crippen molar-refractivity contribution in [1.82, 2.24) is 0 Å². The van der Waals surface area contributed by atoms with Crippen molar-refractivity contribution in [3.05, 3.63) is 61.6 Å². The van der Waals surface area contributed by atoms with Crippen molar-refractivity contribution < 1.29 is 4.92 Å². The van der Waals surface area contributed by atoms with Crippen molar-refractivity contribution in [2.24, 2.45) is 0 Å². The number of thioether (sulfide) groups is 1. The lowest BCUT2D eigenvalue weighted by atomic mass is 10.2. The van der Waals surface area contributed by atoms with Crippen LogP contribution in [0.3, 0.4) is 0 Å². The van der Waals surface area contributed by atoms with Gasteiger partial charge < -0.3 is 5.73 Å². The Morgan fingerprint density at radius 1 is 1.30 bits per heavy atom. The summed E-state index contributed by atoms with van der Waals surface area (Å²) in [6, 6.07) is 10.0. The van der Waals surface area contributed by atoms with Crippen LogP contribution in [0.25, 0.3) is 0 Å². The van der Waals surface area contributed by atoms with Gasteiger partial charge in [-0.05, 0) is 23.8 Å². The SMILES string of the molecule is Nc1ccc(Cl)cc1SCc1ccc([N+](=O)[O-])cc1Br. The molecule has 4 nitrogen and oxygen atoms in total. The lowest BCUT2D eigenvalue weighted by Crippen LogP contribution is -1.91. The van der Waals surface area contributed by atoms with Crippen LogP contribution in [0.15, 0.2) is 45.8 Å². The van der Waals surface area contributed by atoms with Gasteiger partial charge in [0.25, 0.3) is 5.69 Å². The van der Waals surface area contributed by atoms with Gasteiger partial charge in [-0.1, -0.05) is 33.6 Å². The molecular formula is C13H10BrClN2O2S. The highest BCUT2D eigenvalue weighted by Gasteiger charge is 2.10. The molecule has 2 rings (SSSR count). The number of anilines is 1. The van der Waals surface area contributed by atoms with Crippen molar-refractivity contribution >= 4 is 50.7 Å². The molecule has 0 bridgehead atoms. The zero-order chi connectivity index (χ0) is 14.7. The molecule has 0 amide bonds. The fourth-order valence-electron chi connectivity index (χ4n) is 1.56. The maximum atomic E-state index is 10.7. The molecule has 7 heteroatoms. The number of hydrogen-bond donors (Lipinski definition) is 1. The zero-order valence-corrected chi connectivity index (χ0v) is 13.3. The number of non-ortho nitro benzene ring substituents is 1. The average Bonchev–Trinajstić information content (AvgIpc) is 2.40. The van der Waals surface area contributed by atoms with E-state index >= 15 is 0 Å². The summed E-state index contributed by atoms with van der Waals surface area (Å²) in [5, 5.41) is 11.3. The summed E-state index contributed by atoms with van der Waals surface area (Å²) in [4.78, 5) is 11.1. The summed E-state index contributed by atoms with van der Waals surface area (Å²) in [5.41, 5.74) is 7.56. The molecule has 0 unspecified atom stereocenters. The second kappa shape index (κ2) is 6.47. The molecule has 0 aliphatic rings. The minimum absolute atomic E-state index is 0.0629. The predicted octanol–water partition coefficient (Wildman–Crippen LogP) is 4.89. The number of rotatable bonds is 4. The Hall–Kier alpha value is -1.24. The molecule has 2 aromatic rings. The van der Waals surface area contributed by atoms with Crippen molar-refractivity contribution in [2.45, 2.75) is 10.6 Å². The van der Waals surface area contributed by atoms with Crippen LogP contribution in [-0.4, -0.2) is 4.92 Å². The van der Waals surface area contributed by atoms with Gasteiger partial charge in [-0.25, -0.2) is 0 Å². The summed E-state index contributed by atoms with van der Waals surface area (Å²) in [6.45, 7) is 0. The minimum atomic E-state index is -0.420. The van der Waals surface area contributed by atoms with Crippen LogP contribution in [-0.2, 0) is 5.75 Å². The maximum Gasteiger partial charge on any atom is 0.270 e. The second-order valence-corrected chi connectivity index (χ2v) is 6.31. The molecule has 2 N–H and O–H groups in total. The van der Waals surface area contributed by atoms with E-state index in [2.05, 4.69) is 15.9 Å². The van der Waals surface area contributed by atoms with Gasteiger partial charge in [-0.2, -0.15) is 0 Å². The molecule has 0 saturated heterocycles. The van der Waals surface area contributed by atoms with Crippen LogP contribution in [0.2, 0.25) is 5.02 Å². The van der Waals surface area contributed by atoms with Gasteiger partial charge in [0.1, 0.15) is 0 Å². The fourth-order valence-corrected chi connectivity index (χ4v) is 3.49. The van der Waals surface area contributed by atoms with E-state index in [-0.39, 0.29) is 5.69 Å². The molecular weight excluding hydrogens is 364 g/mol. The first-order valence-electron chi connectivity index (χ1n) is 5.58. The number of nitro groups is 1. The Kier molecular flexibility index (Phi) is 4.91. The van der Waals surface area contributed by atoms with E-state index in [1.807, 2.05) is 0 Å². The summed E-state index contributed by atoms with van der Waals surface area (Å²) in [7, 11) is 0. The highest BCUT2D eigenvalue weighted by atomic mass is 79.9. The summed E-state index contributed by atoms with van der Waals surface area (Å²) in [5.74, 6) is 0.642. The van der Waals surface area contributed by atoms with Crippen molar-refractivity contribution in [2.75, 3.05) is 5.73 Å². The number of nitrogens with two attached hydrogens (primary N) is 1. The molecule has 0 aliphatic carbocycles. The predicted molar refractivity (Wildman–Crippen MR) is 86.2 cm³/mol. The molecule has 104 valence electrons. The second-order valence-electron chi connectivity index (χ2n) is 4.00. The highest BCUT2D eigenvalue weighted by molar-refractivity contribution is 9.10. The molecule has 0 heterocycles. The third-order valence-electron chi connectivity index (χ3n) is 2.61. The first-order valence-corrected chi connectivity index (χ1v) is 7.73. The van der Waals surface area contributed by atoms with Crippen LogP contribution < -0.4 is 5.73 Å². The lowest BCUT2D eigenvalue weighted by Gasteiger charge is -2.07. The number of halogens is 2. The fraction of sp³-hybridized carbons (Fsp3) is 0.0769. The van der Waals surface area contributed by atoms with E-state index in [4.69, 9.17) is 17.3 Å². The summed E-state index contributed by atoms with van der Waals surface area (Å²) < 4.78 is 0.708.